The van der Waals surface area contributed by atoms with E-state index in [1.54, 1.807) is 13.0 Å². The first-order chi connectivity index (χ1) is 9.49. The minimum Gasteiger partial charge on any atom is -0.481 e. The van der Waals surface area contributed by atoms with Gasteiger partial charge >= 0.3 is 0 Å². The smallest absolute Gasteiger partial charge is 0.258 e. The Hall–Kier alpha value is -2.70. The molecule has 0 aliphatic heterocycles. The van der Waals surface area contributed by atoms with Crippen LogP contribution in [0.1, 0.15) is 16.1 Å². The minimum absolute atomic E-state index is 0.0969. The first-order valence-electron chi connectivity index (χ1n) is 5.75. The number of amides is 1. The molecule has 0 spiro atoms. The first-order valence-corrected chi connectivity index (χ1v) is 5.75. The van der Waals surface area contributed by atoms with Crippen molar-refractivity contribution in [3.63, 3.8) is 0 Å². The predicted octanol–water partition coefficient (Wildman–Crippen LogP) is 1.77. The number of aromatic nitrogens is 2. The first kappa shape index (κ1) is 13.7. The number of ether oxygens (including phenoxy) is 1. The third-order valence-corrected chi connectivity index (χ3v) is 2.52. The molecule has 0 unspecified atom stereocenters. The average Bonchev–Trinajstić information content (AvgIpc) is 2.41. The number of carbonyl (C=O) groups is 1. The molecule has 0 fully saturated rings. The topological polar surface area (TPSA) is 90.1 Å². The van der Waals surface area contributed by atoms with Gasteiger partial charge in [-0.15, -0.1) is 0 Å². The number of carbonyl (C=O) groups excluding carboxylic acids is 1. The van der Waals surface area contributed by atoms with Gasteiger partial charge in [0.05, 0.1) is 12.8 Å². The Morgan fingerprint density at radius 2 is 2.10 bits per heavy atom. The van der Waals surface area contributed by atoms with E-state index in [0.29, 0.717) is 11.6 Å². The van der Waals surface area contributed by atoms with Gasteiger partial charge in [-0.1, -0.05) is 0 Å². The summed E-state index contributed by atoms with van der Waals surface area (Å²) >= 11 is 0. The monoisotopic (exact) mass is 276 g/mol. The minimum atomic E-state index is -0.574. The quantitative estimate of drug-likeness (QED) is 0.834. The number of methoxy groups -OCH3 is 1. The van der Waals surface area contributed by atoms with Gasteiger partial charge in [0.2, 0.25) is 11.8 Å². The van der Waals surface area contributed by atoms with Crippen molar-refractivity contribution in [3.8, 4) is 5.88 Å². The number of hydrogen-bond donors (Lipinski definition) is 2. The number of nitrogens with zero attached hydrogens (tertiary/aromatic N) is 2. The fraction of sp³-hybridized carbons (Fsp3) is 0.154. The van der Waals surface area contributed by atoms with Crippen LogP contribution in [0, 0.1) is 12.7 Å². The number of anilines is 2. The van der Waals surface area contributed by atoms with E-state index in [1.807, 2.05) is 0 Å². The Balaban J connectivity index is 2.23. The molecule has 1 aromatic carbocycles. The molecule has 7 heteroatoms. The third kappa shape index (κ3) is 3.00. The number of nitrogens with two attached hydrogens (primary N) is 1. The molecule has 0 bridgehead atoms. The molecule has 0 radical (unpaired) electrons. The van der Waals surface area contributed by atoms with Gasteiger partial charge < -0.3 is 10.5 Å². The van der Waals surface area contributed by atoms with E-state index < -0.39 is 11.7 Å². The van der Waals surface area contributed by atoms with Crippen LogP contribution in [-0.4, -0.2) is 23.0 Å². The summed E-state index contributed by atoms with van der Waals surface area (Å²) in [5.74, 6) is -0.611. The van der Waals surface area contributed by atoms with Crippen molar-refractivity contribution in [2.45, 2.75) is 6.92 Å². The van der Waals surface area contributed by atoms with Crippen molar-refractivity contribution < 1.29 is 13.9 Å². The van der Waals surface area contributed by atoms with Gasteiger partial charge in [-0.05, 0) is 25.1 Å². The van der Waals surface area contributed by atoms with Crippen LogP contribution >= 0.6 is 0 Å². The van der Waals surface area contributed by atoms with Gasteiger partial charge in [0.25, 0.3) is 5.91 Å². The van der Waals surface area contributed by atoms with Crippen LogP contribution in [0.4, 0.5) is 16.0 Å². The summed E-state index contributed by atoms with van der Waals surface area (Å²) in [5.41, 5.74) is 6.18. The zero-order valence-electron chi connectivity index (χ0n) is 11.0. The van der Waals surface area contributed by atoms with Crippen molar-refractivity contribution in [1.82, 2.24) is 9.97 Å². The van der Waals surface area contributed by atoms with E-state index in [4.69, 9.17) is 10.5 Å². The van der Waals surface area contributed by atoms with E-state index >= 15 is 0 Å². The molecule has 1 aromatic heterocycles. The number of nitrogens with one attached hydrogen (secondary N) is 1. The van der Waals surface area contributed by atoms with Crippen LogP contribution in [0.2, 0.25) is 0 Å². The summed E-state index contributed by atoms with van der Waals surface area (Å²) in [6, 6.07) is 5.33. The zero-order valence-corrected chi connectivity index (χ0v) is 11.0. The number of aryl methyl sites for hydroxylation is 1. The number of rotatable bonds is 3. The van der Waals surface area contributed by atoms with Crippen molar-refractivity contribution in [2.24, 2.45) is 0 Å². The van der Waals surface area contributed by atoms with E-state index in [9.17, 15) is 9.18 Å². The van der Waals surface area contributed by atoms with E-state index in [1.165, 1.54) is 19.2 Å². The molecule has 0 aliphatic carbocycles. The summed E-state index contributed by atoms with van der Waals surface area (Å²) in [5, 5.41) is 2.50. The normalized spacial score (nSPS) is 10.2. The summed E-state index contributed by atoms with van der Waals surface area (Å²) in [4.78, 5) is 20.0. The fourth-order valence-corrected chi connectivity index (χ4v) is 1.56. The van der Waals surface area contributed by atoms with Gasteiger partial charge in [-0.3, -0.25) is 10.1 Å². The van der Waals surface area contributed by atoms with Crippen LogP contribution in [0.15, 0.2) is 24.3 Å². The molecular weight excluding hydrogens is 263 g/mol. The summed E-state index contributed by atoms with van der Waals surface area (Å²) < 4.78 is 18.0. The second-order valence-electron chi connectivity index (χ2n) is 4.07. The van der Waals surface area contributed by atoms with Crippen LogP contribution in [-0.2, 0) is 0 Å². The average molecular weight is 276 g/mol. The molecule has 1 heterocycles. The van der Waals surface area contributed by atoms with Crippen LogP contribution in [0.25, 0.3) is 0 Å². The number of benzene rings is 1. The van der Waals surface area contributed by atoms with E-state index in [0.717, 1.165) is 6.07 Å². The Labute approximate surface area is 114 Å². The van der Waals surface area contributed by atoms with Crippen molar-refractivity contribution in [1.29, 1.82) is 0 Å². The maximum atomic E-state index is 13.0. The Kier molecular flexibility index (Phi) is 3.79. The molecule has 0 saturated carbocycles. The molecule has 0 aliphatic rings. The second-order valence-corrected chi connectivity index (χ2v) is 4.07. The summed E-state index contributed by atoms with van der Waals surface area (Å²) in [7, 11) is 1.47. The lowest BCUT2D eigenvalue weighted by Crippen LogP contribution is -2.15. The molecule has 3 N–H and O–H groups in total. The maximum absolute atomic E-state index is 13.0. The number of nitrogen functional groups attached to an aromatic ring is 1. The lowest BCUT2D eigenvalue weighted by atomic mass is 10.2. The van der Waals surface area contributed by atoms with Crippen molar-refractivity contribution >= 4 is 17.5 Å². The lowest BCUT2D eigenvalue weighted by Gasteiger charge is -2.07. The molecule has 2 rings (SSSR count). The zero-order chi connectivity index (χ0) is 14.7. The third-order valence-electron chi connectivity index (χ3n) is 2.52. The molecule has 2 aromatic rings. The Bertz CT molecular complexity index is 661. The molecule has 20 heavy (non-hydrogen) atoms. The van der Waals surface area contributed by atoms with Crippen LogP contribution in [0.3, 0.4) is 0 Å². The lowest BCUT2D eigenvalue weighted by molar-refractivity contribution is 0.102. The highest BCUT2D eigenvalue weighted by molar-refractivity contribution is 6.03. The van der Waals surface area contributed by atoms with E-state index in [-0.39, 0.29) is 17.2 Å². The predicted molar refractivity (Wildman–Crippen MR) is 72.1 cm³/mol. The van der Waals surface area contributed by atoms with Gasteiger partial charge in [-0.2, -0.15) is 4.98 Å². The highest BCUT2D eigenvalue weighted by Gasteiger charge is 2.11. The summed E-state index contributed by atoms with van der Waals surface area (Å²) in [6.07, 6.45) is 0. The number of hydrogen-bond acceptors (Lipinski definition) is 5. The molecule has 6 nitrogen and oxygen atoms in total. The highest BCUT2D eigenvalue weighted by Crippen LogP contribution is 2.15. The highest BCUT2D eigenvalue weighted by atomic mass is 19.1. The standard InChI is InChI=1S/C13H13FN4O2/c1-7-5-11(20-2)17-13(16-7)18-12(19)8-3-4-9(14)10(15)6-8/h3-6H,15H2,1-2H3,(H,16,17,18,19). The van der Waals surface area contributed by atoms with Gasteiger partial charge in [0.1, 0.15) is 5.82 Å². The largest absolute Gasteiger partial charge is 0.481 e. The fourth-order valence-electron chi connectivity index (χ4n) is 1.56. The van der Waals surface area contributed by atoms with Crippen LogP contribution in [0.5, 0.6) is 5.88 Å². The van der Waals surface area contributed by atoms with Crippen molar-refractivity contribution in [3.05, 3.63) is 41.3 Å². The summed E-state index contributed by atoms with van der Waals surface area (Å²) in [6.45, 7) is 1.75. The SMILES string of the molecule is COc1cc(C)nc(NC(=O)c2ccc(F)c(N)c2)n1. The molecule has 1 amide bonds. The maximum Gasteiger partial charge on any atom is 0.258 e. The van der Waals surface area contributed by atoms with Gasteiger partial charge in [0, 0.05) is 17.3 Å². The van der Waals surface area contributed by atoms with E-state index in [2.05, 4.69) is 15.3 Å². The molecule has 104 valence electrons. The molecule has 0 atom stereocenters. The Morgan fingerprint density at radius 1 is 1.35 bits per heavy atom. The van der Waals surface area contributed by atoms with Gasteiger partial charge in [0.15, 0.2) is 0 Å². The number of halogens is 1. The Morgan fingerprint density at radius 3 is 2.75 bits per heavy atom. The molecular formula is C13H13FN4O2. The molecule has 0 saturated heterocycles. The van der Waals surface area contributed by atoms with Crippen molar-refractivity contribution in [2.75, 3.05) is 18.2 Å². The second kappa shape index (κ2) is 5.52. The van der Waals surface area contributed by atoms with Crippen LogP contribution < -0.4 is 15.8 Å². The van der Waals surface area contributed by atoms with Gasteiger partial charge in [-0.25, -0.2) is 9.37 Å².